The third kappa shape index (κ3) is 5.17. The molecular formula is C12H23NO2. The summed E-state index contributed by atoms with van der Waals surface area (Å²) in [5.41, 5.74) is -0.171. The van der Waals surface area contributed by atoms with E-state index in [1.165, 1.54) is 12.8 Å². The van der Waals surface area contributed by atoms with E-state index in [2.05, 4.69) is 5.32 Å². The van der Waals surface area contributed by atoms with Crippen molar-refractivity contribution in [3.8, 4) is 0 Å². The van der Waals surface area contributed by atoms with Crippen LogP contribution in [0, 0.1) is 5.92 Å². The van der Waals surface area contributed by atoms with Crippen LogP contribution >= 0.6 is 0 Å². The minimum absolute atomic E-state index is 0.0382. The lowest BCUT2D eigenvalue weighted by Gasteiger charge is -2.24. The summed E-state index contributed by atoms with van der Waals surface area (Å²) < 4.78 is 5.49. The molecule has 3 heteroatoms. The number of nitrogens with one attached hydrogen (secondary N) is 1. The Morgan fingerprint density at radius 1 is 1.47 bits per heavy atom. The second-order valence-electron chi connectivity index (χ2n) is 5.36. The molecule has 1 aliphatic carbocycles. The predicted molar refractivity (Wildman–Crippen MR) is 60.7 cm³/mol. The van der Waals surface area contributed by atoms with Crippen LogP contribution in [-0.2, 0) is 9.53 Å². The predicted octanol–water partition coefficient (Wildman–Crippen LogP) is 2.11. The minimum Gasteiger partial charge on any atom is -0.369 e. The van der Waals surface area contributed by atoms with Crippen LogP contribution in [0.1, 0.15) is 47.0 Å². The quantitative estimate of drug-likeness (QED) is 0.759. The van der Waals surface area contributed by atoms with Gasteiger partial charge in [0, 0.05) is 12.1 Å². The first kappa shape index (κ1) is 12.5. The average Bonchev–Trinajstić information content (AvgIpc) is 2.84. The van der Waals surface area contributed by atoms with Crippen molar-refractivity contribution < 1.29 is 9.53 Å². The molecule has 1 rings (SSSR count). The summed E-state index contributed by atoms with van der Waals surface area (Å²) in [5, 5.41) is 2.97. The van der Waals surface area contributed by atoms with Gasteiger partial charge in [-0.05, 0) is 40.0 Å². The molecule has 0 bridgehead atoms. The van der Waals surface area contributed by atoms with Gasteiger partial charge in [-0.3, -0.25) is 4.79 Å². The van der Waals surface area contributed by atoms with Gasteiger partial charge >= 0.3 is 0 Å². The van der Waals surface area contributed by atoms with Crippen LogP contribution in [0.2, 0.25) is 0 Å². The smallest absolute Gasteiger partial charge is 0.249 e. The Bertz CT molecular complexity index is 216. The van der Waals surface area contributed by atoms with Crippen molar-refractivity contribution in [2.24, 2.45) is 5.92 Å². The SMILES string of the molecule is CCOC(CC1CC1)C(=O)NC(C)(C)C. The minimum atomic E-state index is -0.248. The highest BCUT2D eigenvalue weighted by Gasteiger charge is 2.30. The molecule has 15 heavy (non-hydrogen) atoms. The Morgan fingerprint density at radius 2 is 2.07 bits per heavy atom. The average molecular weight is 213 g/mol. The van der Waals surface area contributed by atoms with Crippen LogP contribution in [0.5, 0.6) is 0 Å². The lowest BCUT2D eigenvalue weighted by Crippen LogP contribution is -2.46. The number of carbonyl (C=O) groups is 1. The highest BCUT2D eigenvalue weighted by Crippen LogP contribution is 2.34. The first-order valence-corrected chi connectivity index (χ1v) is 5.86. The summed E-state index contributed by atoms with van der Waals surface area (Å²) in [6.07, 6.45) is 3.15. The fraction of sp³-hybridized carbons (Fsp3) is 0.917. The summed E-state index contributed by atoms with van der Waals surface area (Å²) in [6.45, 7) is 8.51. The van der Waals surface area contributed by atoms with Gasteiger partial charge in [0.2, 0.25) is 5.91 Å². The Kier molecular flexibility index (Phi) is 4.14. The number of rotatable bonds is 5. The molecule has 0 saturated heterocycles. The van der Waals surface area contributed by atoms with E-state index in [1.807, 2.05) is 27.7 Å². The van der Waals surface area contributed by atoms with E-state index in [0.29, 0.717) is 12.5 Å². The van der Waals surface area contributed by atoms with E-state index in [4.69, 9.17) is 4.74 Å². The van der Waals surface area contributed by atoms with E-state index in [1.54, 1.807) is 0 Å². The van der Waals surface area contributed by atoms with E-state index in [9.17, 15) is 4.79 Å². The summed E-state index contributed by atoms with van der Waals surface area (Å²) >= 11 is 0. The van der Waals surface area contributed by atoms with Gasteiger partial charge in [-0.15, -0.1) is 0 Å². The highest BCUT2D eigenvalue weighted by atomic mass is 16.5. The Balaban J connectivity index is 2.42. The zero-order valence-corrected chi connectivity index (χ0v) is 10.3. The first-order valence-electron chi connectivity index (χ1n) is 5.86. The number of hydrogen-bond donors (Lipinski definition) is 1. The molecule has 1 amide bonds. The molecule has 1 aliphatic rings. The molecular weight excluding hydrogens is 190 g/mol. The molecule has 1 unspecified atom stereocenters. The zero-order chi connectivity index (χ0) is 11.5. The molecule has 3 nitrogen and oxygen atoms in total. The third-order valence-electron chi connectivity index (χ3n) is 2.40. The largest absolute Gasteiger partial charge is 0.369 e. The number of carbonyl (C=O) groups excluding carboxylic acids is 1. The zero-order valence-electron chi connectivity index (χ0n) is 10.3. The second-order valence-corrected chi connectivity index (χ2v) is 5.36. The molecule has 0 heterocycles. The van der Waals surface area contributed by atoms with Gasteiger partial charge in [-0.25, -0.2) is 0 Å². The monoisotopic (exact) mass is 213 g/mol. The van der Waals surface area contributed by atoms with Crippen LogP contribution in [-0.4, -0.2) is 24.2 Å². The van der Waals surface area contributed by atoms with Crippen molar-refractivity contribution in [3.63, 3.8) is 0 Å². The van der Waals surface area contributed by atoms with Gasteiger partial charge in [0.1, 0.15) is 6.10 Å². The van der Waals surface area contributed by atoms with Crippen LogP contribution in [0.25, 0.3) is 0 Å². The fourth-order valence-electron chi connectivity index (χ4n) is 1.56. The van der Waals surface area contributed by atoms with E-state index < -0.39 is 0 Å². The van der Waals surface area contributed by atoms with E-state index >= 15 is 0 Å². The second kappa shape index (κ2) is 4.97. The third-order valence-corrected chi connectivity index (χ3v) is 2.40. The lowest BCUT2D eigenvalue weighted by molar-refractivity contribution is -0.134. The van der Waals surface area contributed by atoms with Gasteiger partial charge in [0.05, 0.1) is 0 Å². The fourth-order valence-corrected chi connectivity index (χ4v) is 1.56. The van der Waals surface area contributed by atoms with Crippen LogP contribution < -0.4 is 5.32 Å². The molecule has 0 aliphatic heterocycles. The van der Waals surface area contributed by atoms with Crippen LogP contribution in [0.15, 0.2) is 0 Å². The van der Waals surface area contributed by atoms with Crippen LogP contribution in [0.3, 0.4) is 0 Å². The van der Waals surface area contributed by atoms with Gasteiger partial charge in [0.25, 0.3) is 0 Å². The Hall–Kier alpha value is -0.570. The van der Waals surface area contributed by atoms with Gasteiger partial charge in [0.15, 0.2) is 0 Å². The van der Waals surface area contributed by atoms with Gasteiger partial charge in [-0.1, -0.05) is 12.8 Å². The summed E-state index contributed by atoms with van der Waals surface area (Å²) in [6, 6.07) is 0. The summed E-state index contributed by atoms with van der Waals surface area (Å²) in [4.78, 5) is 11.9. The van der Waals surface area contributed by atoms with Gasteiger partial charge in [-0.2, -0.15) is 0 Å². The van der Waals surface area contributed by atoms with E-state index in [0.717, 1.165) is 6.42 Å². The van der Waals surface area contributed by atoms with Crippen molar-refractivity contribution >= 4 is 5.91 Å². The summed E-state index contributed by atoms with van der Waals surface area (Å²) in [5.74, 6) is 0.753. The standard InChI is InChI=1S/C12H23NO2/c1-5-15-10(8-9-6-7-9)11(14)13-12(2,3)4/h9-10H,5-8H2,1-4H3,(H,13,14). The number of hydrogen-bond acceptors (Lipinski definition) is 2. The molecule has 0 aromatic carbocycles. The molecule has 1 saturated carbocycles. The highest BCUT2D eigenvalue weighted by molar-refractivity contribution is 5.81. The van der Waals surface area contributed by atoms with Crippen molar-refractivity contribution in [2.75, 3.05) is 6.61 Å². The molecule has 88 valence electrons. The number of ether oxygens (including phenoxy) is 1. The van der Waals surface area contributed by atoms with Crippen molar-refractivity contribution in [3.05, 3.63) is 0 Å². The molecule has 0 aromatic heterocycles. The lowest BCUT2D eigenvalue weighted by atomic mass is 10.1. The van der Waals surface area contributed by atoms with Gasteiger partial charge < -0.3 is 10.1 Å². The maximum absolute atomic E-state index is 11.9. The van der Waals surface area contributed by atoms with Crippen molar-refractivity contribution in [1.82, 2.24) is 5.32 Å². The first-order chi connectivity index (χ1) is 6.92. The number of amides is 1. The maximum atomic E-state index is 11.9. The molecule has 1 atom stereocenters. The molecule has 0 spiro atoms. The van der Waals surface area contributed by atoms with E-state index in [-0.39, 0.29) is 17.6 Å². The topological polar surface area (TPSA) is 38.3 Å². The molecule has 0 aromatic rings. The molecule has 1 N–H and O–H groups in total. The normalized spacial score (nSPS) is 18.7. The summed E-state index contributed by atoms with van der Waals surface area (Å²) in [7, 11) is 0. The van der Waals surface area contributed by atoms with Crippen LogP contribution in [0.4, 0.5) is 0 Å². The van der Waals surface area contributed by atoms with Crippen molar-refractivity contribution in [1.29, 1.82) is 0 Å². The Labute approximate surface area is 92.6 Å². The Morgan fingerprint density at radius 3 is 2.47 bits per heavy atom. The van der Waals surface area contributed by atoms with Crippen molar-refractivity contribution in [2.45, 2.75) is 58.6 Å². The molecule has 0 radical (unpaired) electrons. The molecule has 1 fully saturated rings. The maximum Gasteiger partial charge on any atom is 0.249 e.